The fraction of sp³-hybridized carbons (Fsp3) is 1.00. The van der Waals surface area contributed by atoms with Crippen LogP contribution in [0.1, 0.15) is 73.6 Å². The highest BCUT2D eigenvalue weighted by Gasteiger charge is 2.43. The van der Waals surface area contributed by atoms with E-state index >= 15 is 0 Å². The summed E-state index contributed by atoms with van der Waals surface area (Å²) >= 11 is 0. The van der Waals surface area contributed by atoms with Gasteiger partial charge in [0.05, 0.1) is 0 Å². The van der Waals surface area contributed by atoms with Crippen molar-refractivity contribution in [2.45, 2.75) is 85.2 Å². The lowest BCUT2D eigenvalue weighted by atomic mass is 9.70. The van der Waals surface area contributed by atoms with Gasteiger partial charge in [-0.3, -0.25) is 4.90 Å². The van der Waals surface area contributed by atoms with Gasteiger partial charge in [0, 0.05) is 24.7 Å². The second-order valence-electron chi connectivity index (χ2n) is 7.80. The Bertz CT molecular complexity index is 261. The average Bonchev–Trinajstić information content (AvgIpc) is 2.37. The van der Waals surface area contributed by atoms with E-state index in [4.69, 9.17) is 5.73 Å². The van der Waals surface area contributed by atoms with Gasteiger partial charge in [0.15, 0.2) is 0 Å². The molecule has 0 aromatic carbocycles. The van der Waals surface area contributed by atoms with Gasteiger partial charge < -0.3 is 5.73 Å². The van der Waals surface area contributed by atoms with Crippen molar-refractivity contribution in [3.63, 3.8) is 0 Å². The quantitative estimate of drug-likeness (QED) is 0.755. The van der Waals surface area contributed by atoms with E-state index in [9.17, 15) is 0 Å². The number of nitrogens with zero attached hydrogens (tertiary/aromatic N) is 1. The third-order valence-corrected chi connectivity index (χ3v) is 5.20. The lowest BCUT2D eigenvalue weighted by molar-refractivity contribution is -0.0214. The number of rotatable bonds is 7. The largest absolute Gasteiger partial charge is 0.329 e. The molecule has 0 spiro atoms. The van der Waals surface area contributed by atoms with E-state index < -0.39 is 0 Å². The zero-order valence-corrected chi connectivity index (χ0v) is 14.8. The van der Waals surface area contributed by atoms with Crippen LogP contribution in [0.3, 0.4) is 0 Å². The third-order valence-electron chi connectivity index (χ3n) is 5.20. The van der Waals surface area contributed by atoms with E-state index in [1.807, 2.05) is 0 Å². The zero-order chi connectivity index (χ0) is 15.3. The first kappa shape index (κ1) is 18.0. The van der Waals surface area contributed by atoms with E-state index in [2.05, 4.69) is 46.4 Å². The zero-order valence-electron chi connectivity index (χ0n) is 14.8. The predicted molar refractivity (Wildman–Crippen MR) is 89.9 cm³/mol. The first-order valence-corrected chi connectivity index (χ1v) is 8.85. The van der Waals surface area contributed by atoms with Gasteiger partial charge in [0.1, 0.15) is 0 Å². The van der Waals surface area contributed by atoms with Gasteiger partial charge in [0.25, 0.3) is 0 Å². The summed E-state index contributed by atoms with van der Waals surface area (Å²) in [7, 11) is 0. The van der Waals surface area contributed by atoms with Gasteiger partial charge in [-0.1, -0.05) is 41.5 Å². The van der Waals surface area contributed by atoms with Crippen LogP contribution >= 0.6 is 0 Å². The van der Waals surface area contributed by atoms with Crippen LogP contribution in [0.2, 0.25) is 0 Å². The molecule has 0 aliphatic heterocycles. The molecule has 20 heavy (non-hydrogen) atoms. The minimum atomic E-state index is 0.248. The first-order valence-electron chi connectivity index (χ1n) is 8.85. The number of hydrogen-bond acceptors (Lipinski definition) is 2. The van der Waals surface area contributed by atoms with Crippen molar-refractivity contribution in [1.29, 1.82) is 0 Å². The van der Waals surface area contributed by atoms with Crippen LogP contribution in [0.25, 0.3) is 0 Å². The van der Waals surface area contributed by atoms with Crippen LogP contribution in [-0.4, -0.2) is 29.6 Å². The maximum Gasteiger partial charge on any atom is 0.0339 e. The van der Waals surface area contributed by atoms with Crippen molar-refractivity contribution in [3.8, 4) is 0 Å². The summed E-state index contributed by atoms with van der Waals surface area (Å²) in [6.07, 6.45) is 6.44. The molecule has 2 nitrogen and oxygen atoms in total. The summed E-state index contributed by atoms with van der Waals surface area (Å²) in [4.78, 5) is 2.81. The normalized spacial score (nSPS) is 31.5. The minimum Gasteiger partial charge on any atom is -0.329 e. The maximum atomic E-state index is 6.34. The van der Waals surface area contributed by atoms with Gasteiger partial charge in [-0.25, -0.2) is 0 Å². The highest BCUT2D eigenvalue weighted by molar-refractivity contribution is 4.99. The summed E-state index contributed by atoms with van der Waals surface area (Å²) in [5, 5.41) is 0. The monoisotopic (exact) mass is 282 g/mol. The second-order valence-corrected chi connectivity index (χ2v) is 7.80. The fourth-order valence-electron chi connectivity index (χ4n) is 4.61. The molecule has 2 unspecified atom stereocenters. The molecule has 1 rings (SSSR count). The highest BCUT2D eigenvalue weighted by Crippen LogP contribution is 2.41. The molecule has 0 aromatic rings. The predicted octanol–water partition coefficient (Wildman–Crippen LogP) is 4.29. The third kappa shape index (κ3) is 4.21. The lowest BCUT2D eigenvalue weighted by Crippen LogP contribution is -2.61. The van der Waals surface area contributed by atoms with Crippen LogP contribution in [-0.2, 0) is 0 Å². The van der Waals surface area contributed by atoms with E-state index in [-0.39, 0.29) is 5.54 Å². The molecule has 1 aliphatic carbocycles. The smallest absolute Gasteiger partial charge is 0.0339 e. The van der Waals surface area contributed by atoms with Gasteiger partial charge in [-0.15, -0.1) is 0 Å². The van der Waals surface area contributed by atoms with Crippen LogP contribution in [0, 0.1) is 17.8 Å². The lowest BCUT2D eigenvalue weighted by Gasteiger charge is -2.53. The van der Waals surface area contributed by atoms with E-state index in [1.165, 1.54) is 38.6 Å². The first-order chi connectivity index (χ1) is 9.38. The molecule has 0 bridgehead atoms. The molecule has 0 amide bonds. The Morgan fingerprint density at radius 3 is 1.95 bits per heavy atom. The van der Waals surface area contributed by atoms with Crippen LogP contribution in [0.15, 0.2) is 0 Å². The van der Waals surface area contributed by atoms with Gasteiger partial charge >= 0.3 is 0 Å². The Morgan fingerprint density at radius 2 is 1.60 bits per heavy atom. The van der Waals surface area contributed by atoms with Crippen molar-refractivity contribution in [2.24, 2.45) is 23.5 Å². The summed E-state index contributed by atoms with van der Waals surface area (Å²) in [6.45, 7) is 16.2. The molecular weight excluding hydrogens is 244 g/mol. The Balaban J connectivity index is 3.04. The van der Waals surface area contributed by atoms with E-state index in [0.29, 0.717) is 12.0 Å². The molecule has 2 atom stereocenters. The summed E-state index contributed by atoms with van der Waals surface area (Å²) in [5.74, 6) is 2.34. The Kier molecular flexibility index (Phi) is 7.00. The molecule has 120 valence electrons. The molecular formula is C18H38N2. The van der Waals surface area contributed by atoms with E-state index in [1.54, 1.807) is 0 Å². The van der Waals surface area contributed by atoms with Gasteiger partial charge in [-0.2, -0.15) is 0 Å². The van der Waals surface area contributed by atoms with Crippen LogP contribution in [0.4, 0.5) is 0 Å². The molecule has 2 N–H and O–H groups in total. The molecule has 0 radical (unpaired) electrons. The van der Waals surface area contributed by atoms with Crippen molar-refractivity contribution < 1.29 is 0 Å². The SMILES string of the molecule is CCC(CC)N(CC(C)C)C1(CN)CC(C)CC(C)C1. The molecule has 1 fully saturated rings. The summed E-state index contributed by atoms with van der Waals surface area (Å²) < 4.78 is 0. The summed E-state index contributed by atoms with van der Waals surface area (Å²) in [6, 6.07) is 0.693. The van der Waals surface area contributed by atoms with Gasteiger partial charge in [0.2, 0.25) is 0 Å². The summed E-state index contributed by atoms with van der Waals surface area (Å²) in [5.41, 5.74) is 6.59. The molecule has 1 aliphatic rings. The highest BCUT2D eigenvalue weighted by atomic mass is 15.2. The molecule has 1 saturated carbocycles. The Hall–Kier alpha value is -0.0800. The fourth-order valence-corrected chi connectivity index (χ4v) is 4.61. The average molecular weight is 283 g/mol. The number of nitrogens with two attached hydrogens (primary N) is 1. The van der Waals surface area contributed by atoms with Crippen LogP contribution < -0.4 is 5.73 Å². The molecule has 0 aromatic heterocycles. The van der Waals surface area contributed by atoms with Gasteiger partial charge in [-0.05, 0) is 49.9 Å². The van der Waals surface area contributed by atoms with E-state index in [0.717, 1.165) is 18.4 Å². The van der Waals surface area contributed by atoms with Crippen molar-refractivity contribution >= 4 is 0 Å². The minimum absolute atomic E-state index is 0.248. The van der Waals surface area contributed by atoms with Crippen molar-refractivity contribution in [2.75, 3.05) is 13.1 Å². The Labute approximate surface area is 127 Å². The standard InChI is InChI=1S/C18H38N2/c1-7-17(8-2)20(12-14(3)4)18(13-19)10-15(5)9-16(6)11-18/h14-17H,7-13,19H2,1-6H3. The second kappa shape index (κ2) is 7.79. The number of hydrogen-bond donors (Lipinski definition) is 1. The maximum absolute atomic E-state index is 6.34. The molecule has 0 heterocycles. The van der Waals surface area contributed by atoms with Crippen molar-refractivity contribution in [1.82, 2.24) is 4.90 Å². The van der Waals surface area contributed by atoms with Crippen molar-refractivity contribution in [3.05, 3.63) is 0 Å². The Morgan fingerprint density at radius 1 is 1.10 bits per heavy atom. The molecule has 2 heteroatoms. The van der Waals surface area contributed by atoms with Crippen LogP contribution in [0.5, 0.6) is 0 Å². The molecule has 0 saturated heterocycles. The topological polar surface area (TPSA) is 29.3 Å².